The van der Waals surface area contributed by atoms with Gasteiger partial charge in [-0.2, -0.15) is 0 Å². The number of hydrogen-bond donors (Lipinski definition) is 2. The molecule has 8 nitrogen and oxygen atoms in total. The minimum Gasteiger partial charge on any atom is -0.497 e. The molecule has 3 N–H and O–H groups in total. The summed E-state index contributed by atoms with van der Waals surface area (Å²) in [7, 11) is 1.58. The Morgan fingerprint density at radius 1 is 1.03 bits per heavy atom. The van der Waals surface area contributed by atoms with Crippen molar-refractivity contribution >= 4 is 17.7 Å². The molecular formula is C23H28N4O4. The second-order valence-electron chi connectivity index (χ2n) is 7.43. The Balaban J connectivity index is 1.80. The number of ether oxygens (including phenoxy) is 1. The van der Waals surface area contributed by atoms with Gasteiger partial charge in [-0.3, -0.25) is 14.4 Å². The monoisotopic (exact) mass is 424 g/mol. The van der Waals surface area contributed by atoms with Crippen molar-refractivity contribution in [3.63, 3.8) is 0 Å². The number of nitrogens with two attached hydrogens (primary N) is 1. The van der Waals surface area contributed by atoms with Crippen molar-refractivity contribution in [2.24, 2.45) is 5.73 Å². The fourth-order valence-corrected chi connectivity index (χ4v) is 3.55. The van der Waals surface area contributed by atoms with Crippen LogP contribution in [0.15, 0.2) is 48.5 Å². The number of carbonyl (C=O) groups excluding carboxylic acids is 3. The van der Waals surface area contributed by atoms with Crippen LogP contribution in [0.3, 0.4) is 0 Å². The summed E-state index contributed by atoms with van der Waals surface area (Å²) in [5.74, 6) is -0.220. The van der Waals surface area contributed by atoms with Gasteiger partial charge < -0.3 is 25.6 Å². The third kappa shape index (κ3) is 5.21. The number of amides is 3. The molecule has 1 aliphatic rings. The number of rotatable bonds is 7. The molecule has 3 amide bonds. The van der Waals surface area contributed by atoms with Crippen LogP contribution in [-0.4, -0.2) is 67.0 Å². The molecule has 0 aromatic heterocycles. The highest BCUT2D eigenvalue weighted by atomic mass is 16.5. The summed E-state index contributed by atoms with van der Waals surface area (Å²) >= 11 is 0. The molecule has 1 aliphatic heterocycles. The Labute approximate surface area is 182 Å². The molecule has 2 aromatic rings. The number of hydrogen-bond acceptors (Lipinski definition) is 5. The van der Waals surface area contributed by atoms with Crippen LogP contribution in [0.5, 0.6) is 5.75 Å². The van der Waals surface area contributed by atoms with E-state index in [1.54, 1.807) is 31.4 Å². The third-order valence-electron chi connectivity index (χ3n) is 5.24. The van der Waals surface area contributed by atoms with Crippen molar-refractivity contribution in [3.8, 4) is 5.75 Å². The van der Waals surface area contributed by atoms with Crippen LogP contribution in [-0.2, 0) is 16.0 Å². The smallest absolute Gasteiger partial charge is 0.263 e. The number of nitrogens with one attached hydrogen (secondary N) is 1. The summed E-state index contributed by atoms with van der Waals surface area (Å²) in [6.45, 7) is 3.04. The van der Waals surface area contributed by atoms with E-state index < -0.39 is 12.1 Å². The average molecular weight is 425 g/mol. The van der Waals surface area contributed by atoms with Crippen LogP contribution in [0.2, 0.25) is 0 Å². The second-order valence-corrected chi connectivity index (χ2v) is 7.43. The lowest BCUT2D eigenvalue weighted by molar-refractivity contribution is -0.140. The molecule has 0 spiro atoms. The highest BCUT2D eigenvalue weighted by Crippen LogP contribution is 2.21. The molecule has 0 aliphatic carbocycles. The highest BCUT2D eigenvalue weighted by Gasteiger charge is 2.42. The van der Waals surface area contributed by atoms with Gasteiger partial charge in [-0.1, -0.05) is 29.8 Å². The first-order valence-electron chi connectivity index (χ1n) is 10.2. The summed E-state index contributed by atoms with van der Waals surface area (Å²) in [4.78, 5) is 42.0. The number of carbonyl (C=O) groups is 3. The highest BCUT2D eigenvalue weighted by molar-refractivity contribution is 5.99. The molecule has 31 heavy (non-hydrogen) atoms. The van der Waals surface area contributed by atoms with E-state index in [0.717, 1.165) is 11.1 Å². The lowest BCUT2D eigenvalue weighted by atomic mass is 10.1. The van der Waals surface area contributed by atoms with Crippen molar-refractivity contribution in [3.05, 3.63) is 65.2 Å². The van der Waals surface area contributed by atoms with Crippen LogP contribution < -0.4 is 15.8 Å². The van der Waals surface area contributed by atoms with Crippen molar-refractivity contribution < 1.29 is 19.1 Å². The van der Waals surface area contributed by atoms with Gasteiger partial charge >= 0.3 is 0 Å². The fraction of sp³-hybridized carbons (Fsp3) is 0.348. The molecule has 1 fully saturated rings. The first kappa shape index (κ1) is 22.3. The minimum absolute atomic E-state index is 0.122. The Bertz CT molecular complexity index is 928. The molecular weight excluding hydrogens is 396 g/mol. The summed E-state index contributed by atoms with van der Waals surface area (Å²) in [5, 5.41) is 2.72. The maximum atomic E-state index is 13.1. The molecule has 1 heterocycles. The molecule has 164 valence electrons. The van der Waals surface area contributed by atoms with Crippen molar-refractivity contribution in [2.45, 2.75) is 19.5 Å². The summed E-state index contributed by atoms with van der Waals surface area (Å²) in [5.41, 5.74) is 7.82. The standard InChI is InChI=1S/C23H28N4O4/c1-16-3-7-18(8-4-16)23(30)27-14-13-26(22(27)21(29)25-12-11-24)20(28)15-17-5-9-19(31-2)10-6-17/h3-10,22H,11-15,24H2,1-2H3,(H,25,29). The van der Waals surface area contributed by atoms with Gasteiger partial charge in [-0.25, -0.2) is 0 Å². The molecule has 0 saturated carbocycles. The molecule has 2 aromatic carbocycles. The van der Waals surface area contributed by atoms with E-state index in [0.29, 0.717) is 11.3 Å². The van der Waals surface area contributed by atoms with Crippen LogP contribution in [0.4, 0.5) is 0 Å². The zero-order chi connectivity index (χ0) is 22.4. The first-order valence-corrected chi connectivity index (χ1v) is 10.2. The van der Waals surface area contributed by atoms with E-state index in [9.17, 15) is 14.4 Å². The van der Waals surface area contributed by atoms with E-state index in [4.69, 9.17) is 10.5 Å². The number of nitrogens with zero attached hydrogens (tertiary/aromatic N) is 2. The first-order chi connectivity index (χ1) is 14.9. The van der Waals surface area contributed by atoms with E-state index in [1.165, 1.54) is 9.80 Å². The predicted molar refractivity (Wildman–Crippen MR) is 116 cm³/mol. The second kappa shape index (κ2) is 10.1. The largest absolute Gasteiger partial charge is 0.497 e. The van der Waals surface area contributed by atoms with Crippen molar-refractivity contribution in [2.75, 3.05) is 33.3 Å². The van der Waals surface area contributed by atoms with Crippen LogP contribution in [0, 0.1) is 6.92 Å². The summed E-state index contributed by atoms with van der Waals surface area (Å²) in [6.07, 6.45) is -0.886. The van der Waals surface area contributed by atoms with Crippen molar-refractivity contribution in [1.82, 2.24) is 15.1 Å². The SMILES string of the molecule is COc1ccc(CC(=O)N2CCN(C(=O)c3ccc(C)cc3)C2C(=O)NCCN)cc1. The van der Waals surface area contributed by atoms with E-state index in [-0.39, 0.29) is 44.4 Å². The topological polar surface area (TPSA) is 105 Å². The van der Waals surface area contributed by atoms with Crippen LogP contribution in [0.1, 0.15) is 21.5 Å². The molecule has 0 bridgehead atoms. The minimum atomic E-state index is -1.01. The summed E-state index contributed by atoms with van der Waals surface area (Å²) in [6, 6.07) is 14.3. The average Bonchev–Trinajstić information content (AvgIpc) is 3.23. The summed E-state index contributed by atoms with van der Waals surface area (Å²) < 4.78 is 5.15. The van der Waals surface area contributed by atoms with Gasteiger partial charge in [0.2, 0.25) is 5.91 Å². The lowest BCUT2D eigenvalue weighted by Crippen LogP contribution is -2.54. The Hall–Kier alpha value is -3.39. The number of methoxy groups -OCH3 is 1. The maximum Gasteiger partial charge on any atom is 0.263 e. The molecule has 1 unspecified atom stereocenters. The Morgan fingerprint density at radius 2 is 1.68 bits per heavy atom. The van der Waals surface area contributed by atoms with Gasteiger partial charge in [-0.15, -0.1) is 0 Å². The molecule has 3 rings (SSSR count). The van der Waals surface area contributed by atoms with Crippen molar-refractivity contribution in [1.29, 1.82) is 0 Å². The van der Waals surface area contributed by atoms with E-state index >= 15 is 0 Å². The molecule has 0 radical (unpaired) electrons. The predicted octanol–water partition coefficient (Wildman–Crippen LogP) is 0.932. The molecule has 8 heteroatoms. The lowest BCUT2D eigenvalue weighted by Gasteiger charge is -2.29. The maximum absolute atomic E-state index is 13.1. The zero-order valence-corrected chi connectivity index (χ0v) is 17.8. The third-order valence-corrected chi connectivity index (χ3v) is 5.24. The Morgan fingerprint density at radius 3 is 2.29 bits per heavy atom. The quantitative estimate of drug-likeness (QED) is 0.688. The van der Waals surface area contributed by atoms with Gasteiger partial charge in [-0.05, 0) is 36.8 Å². The van der Waals surface area contributed by atoms with E-state index in [1.807, 2.05) is 31.2 Å². The van der Waals surface area contributed by atoms with Gasteiger partial charge in [0.25, 0.3) is 11.8 Å². The van der Waals surface area contributed by atoms with Gasteiger partial charge in [0, 0.05) is 31.7 Å². The Kier molecular flexibility index (Phi) is 7.25. The van der Waals surface area contributed by atoms with E-state index in [2.05, 4.69) is 5.32 Å². The zero-order valence-electron chi connectivity index (χ0n) is 17.8. The fourth-order valence-electron chi connectivity index (χ4n) is 3.55. The van der Waals surface area contributed by atoms with Gasteiger partial charge in [0.15, 0.2) is 6.17 Å². The van der Waals surface area contributed by atoms with Crippen LogP contribution >= 0.6 is 0 Å². The molecule has 1 atom stereocenters. The van der Waals surface area contributed by atoms with Crippen LogP contribution in [0.25, 0.3) is 0 Å². The normalized spacial score (nSPS) is 15.6. The van der Waals surface area contributed by atoms with Gasteiger partial charge in [0.1, 0.15) is 5.75 Å². The van der Waals surface area contributed by atoms with Gasteiger partial charge in [0.05, 0.1) is 13.5 Å². The molecule has 1 saturated heterocycles. The number of benzene rings is 2. The number of aryl methyl sites for hydroxylation is 1.